The fourth-order valence-electron chi connectivity index (χ4n) is 1.70. The molecule has 94 valence electrons. The van der Waals surface area contributed by atoms with E-state index in [9.17, 15) is 0 Å². The van der Waals surface area contributed by atoms with Gasteiger partial charge in [0.15, 0.2) is 0 Å². The number of rotatable bonds is 2. The van der Waals surface area contributed by atoms with Crippen LogP contribution in [0.2, 0.25) is 0 Å². The van der Waals surface area contributed by atoms with Crippen LogP contribution in [0.1, 0.15) is 26.5 Å². The molecule has 0 fully saturated rings. The largest absolute Gasteiger partial charge is 0.249 e. The Kier molecular flexibility index (Phi) is 4.44. The summed E-state index contributed by atoms with van der Waals surface area (Å²) in [4.78, 5) is 9.05. The molecule has 0 spiro atoms. The van der Waals surface area contributed by atoms with Gasteiger partial charge in [0.05, 0.1) is 4.70 Å². The Morgan fingerprint density at radius 2 is 2.00 bits per heavy atom. The van der Waals surface area contributed by atoms with E-state index in [-0.39, 0.29) is 0 Å². The first kappa shape index (κ1) is 13.2. The van der Waals surface area contributed by atoms with Crippen molar-refractivity contribution in [3.05, 3.63) is 34.8 Å². The van der Waals surface area contributed by atoms with Gasteiger partial charge in [0.25, 0.3) is 0 Å². The van der Waals surface area contributed by atoms with Gasteiger partial charge >= 0.3 is 0 Å². The van der Waals surface area contributed by atoms with Gasteiger partial charge in [0.1, 0.15) is 10.7 Å². The Bertz CT molecular complexity index is 612. The van der Waals surface area contributed by atoms with Crippen LogP contribution < -0.4 is 0 Å². The zero-order valence-corrected chi connectivity index (χ0v) is 12.4. The van der Waals surface area contributed by atoms with E-state index < -0.39 is 0 Å². The molecule has 0 aromatic carbocycles. The van der Waals surface area contributed by atoms with E-state index in [1.807, 2.05) is 25.4 Å². The molecule has 0 N–H and O–H groups in total. The van der Waals surface area contributed by atoms with Crippen LogP contribution in [-0.2, 0) is 6.42 Å². The highest BCUT2D eigenvalue weighted by Gasteiger charge is 2.10. The summed E-state index contributed by atoms with van der Waals surface area (Å²) in [6.45, 7) is 6.13. The number of aryl methyl sites for hydroxylation is 1. The zero-order chi connectivity index (χ0) is 13.0. The van der Waals surface area contributed by atoms with Crippen molar-refractivity contribution in [2.45, 2.75) is 27.2 Å². The fourth-order valence-corrected chi connectivity index (χ4v) is 3.26. The third-order valence-electron chi connectivity index (χ3n) is 2.49. The summed E-state index contributed by atoms with van der Waals surface area (Å²) in [7, 11) is 0. The van der Waals surface area contributed by atoms with Gasteiger partial charge in [-0.05, 0) is 29.3 Å². The van der Waals surface area contributed by atoms with Gasteiger partial charge < -0.3 is 0 Å². The number of hydrogen-bond acceptors (Lipinski definition) is 4. The van der Waals surface area contributed by atoms with Gasteiger partial charge in [-0.15, -0.1) is 22.7 Å². The number of thiazole rings is 1. The highest BCUT2D eigenvalue weighted by molar-refractivity contribution is 7.18. The number of nitrogens with zero attached hydrogens (tertiary/aromatic N) is 2. The first-order valence-electron chi connectivity index (χ1n) is 6.15. The predicted octanol–water partition coefficient (Wildman–Crippen LogP) is 5.01. The molecule has 0 saturated carbocycles. The standard InChI is InChI=1S/C12H10N2S2.C2H6/c1-2-9-7-8-3-5-15-11(8)10(14-9)12-13-4-6-16-12;1-2/h3-7H,2H2,1H3;1-2H3. The van der Waals surface area contributed by atoms with Crippen molar-refractivity contribution in [2.75, 3.05) is 0 Å². The van der Waals surface area contributed by atoms with Gasteiger partial charge in [0.2, 0.25) is 0 Å². The van der Waals surface area contributed by atoms with Crippen LogP contribution in [0.25, 0.3) is 20.8 Å². The molecule has 0 atom stereocenters. The summed E-state index contributed by atoms with van der Waals surface area (Å²) in [6.07, 6.45) is 2.80. The highest BCUT2D eigenvalue weighted by Crippen LogP contribution is 2.32. The molecule has 3 heterocycles. The minimum absolute atomic E-state index is 0.962. The molecule has 0 radical (unpaired) electrons. The Labute approximate surface area is 115 Å². The molecule has 2 nitrogen and oxygen atoms in total. The lowest BCUT2D eigenvalue weighted by molar-refractivity contribution is 1.05. The van der Waals surface area contributed by atoms with Gasteiger partial charge in [-0.25, -0.2) is 9.97 Å². The quantitative estimate of drug-likeness (QED) is 0.657. The molecule has 0 saturated heterocycles. The van der Waals surface area contributed by atoms with E-state index in [0.717, 1.165) is 22.8 Å². The monoisotopic (exact) mass is 276 g/mol. The van der Waals surface area contributed by atoms with Crippen LogP contribution in [0.15, 0.2) is 29.1 Å². The second-order valence-corrected chi connectivity index (χ2v) is 5.30. The van der Waals surface area contributed by atoms with Crippen LogP contribution >= 0.6 is 22.7 Å². The second kappa shape index (κ2) is 6.07. The molecule has 0 aliphatic rings. The van der Waals surface area contributed by atoms with Crippen molar-refractivity contribution in [2.24, 2.45) is 0 Å². The Morgan fingerprint density at radius 3 is 2.67 bits per heavy atom. The minimum Gasteiger partial charge on any atom is -0.249 e. The van der Waals surface area contributed by atoms with E-state index in [1.54, 1.807) is 22.7 Å². The molecule has 0 aliphatic heterocycles. The van der Waals surface area contributed by atoms with Crippen LogP contribution in [0.3, 0.4) is 0 Å². The normalized spacial score (nSPS) is 10.2. The average molecular weight is 276 g/mol. The molecular weight excluding hydrogens is 260 g/mol. The third kappa shape index (κ3) is 2.44. The Balaban J connectivity index is 0.000000574. The van der Waals surface area contributed by atoms with Crippen LogP contribution in [0, 0.1) is 0 Å². The molecule has 0 aliphatic carbocycles. The SMILES string of the molecule is CC.CCc1cc2ccsc2c(-c2nccs2)n1. The van der Waals surface area contributed by atoms with Crippen molar-refractivity contribution >= 4 is 32.8 Å². The number of aromatic nitrogens is 2. The van der Waals surface area contributed by atoms with Gasteiger partial charge in [-0.2, -0.15) is 0 Å². The minimum atomic E-state index is 0.962. The molecule has 0 amide bonds. The zero-order valence-electron chi connectivity index (χ0n) is 10.8. The highest BCUT2D eigenvalue weighted by atomic mass is 32.1. The van der Waals surface area contributed by atoms with Crippen molar-refractivity contribution < 1.29 is 0 Å². The van der Waals surface area contributed by atoms with E-state index in [4.69, 9.17) is 4.98 Å². The maximum Gasteiger partial charge on any atom is 0.143 e. The Hall–Kier alpha value is -1.26. The van der Waals surface area contributed by atoms with Crippen LogP contribution in [0.4, 0.5) is 0 Å². The van der Waals surface area contributed by atoms with Gasteiger partial charge in [-0.1, -0.05) is 20.8 Å². The molecule has 3 aromatic heterocycles. The molecule has 4 heteroatoms. The number of pyridine rings is 1. The van der Waals surface area contributed by atoms with Crippen molar-refractivity contribution in [1.29, 1.82) is 0 Å². The first-order valence-corrected chi connectivity index (χ1v) is 7.91. The molecule has 3 rings (SSSR count). The summed E-state index contributed by atoms with van der Waals surface area (Å²) < 4.78 is 1.24. The van der Waals surface area contributed by atoms with E-state index in [1.165, 1.54) is 10.1 Å². The van der Waals surface area contributed by atoms with Gasteiger partial charge in [0, 0.05) is 17.3 Å². The predicted molar refractivity (Wildman–Crippen MR) is 81.5 cm³/mol. The molecule has 0 unspecified atom stereocenters. The summed E-state index contributed by atoms with van der Waals surface area (Å²) in [6, 6.07) is 4.32. The van der Waals surface area contributed by atoms with Crippen molar-refractivity contribution in [1.82, 2.24) is 9.97 Å². The molecule has 3 aromatic rings. The first-order chi connectivity index (χ1) is 8.88. The van der Waals surface area contributed by atoms with Crippen LogP contribution in [-0.4, -0.2) is 9.97 Å². The number of thiophene rings is 1. The third-order valence-corrected chi connectivity index (χ3v) is 4.20. The molecule has 18 heavy (non-hydrogen) atoms. The summed E-state index contributed by atoms with van der Waals surface area (Å²) in [5.41, 5.74) is 2.18. The summed E-state index contributed by atoms with van der Waals surface area (Å²) in [5.74, 6) is 0. The van der Waals surface area contributed by atoms with E-state index >= 15 is 0 Å². The second-order valence-electron chi connectivity index (χ2n) is 3.49. The van der Waals surface area contributed by atoms with Crippen LogP contribution in [0.5, 0.6) is 0 Å². The topological polar surface area (TPSA) is 25.8 Å². The maximum atomic E-state index is 4.69. The summed E-state index contributed by atoms with van der Waals surface area (Å²) >= 11 is 3.38. The lowest BCUT2D eigenvalue weighted by atomic mass is 10.2. The lowest BCUT2D eigenvalue weighted by Crippen LogP contribution is -1.90. The molecular formula is C14H16N2S2. The smallest absolute Gasteiger partial charge is 0.143 e. The lowest BCUT2D eigenvalue weighted by Gasteiger charge is -2.02. The van der Waals surface area contributed by atoms with Crippen molar-refractivity contribution in [3.63, 3.8) is 0 Å². The van der Waals surface area contributed by atoms with E-state index in [2.05, 4.69) is 29.4 Å². The number of hydrogen-bond donors (Lipinski definition) is 0. The van der Waals surface area contributed by atoms with Crippen molar-refractivity contribution in [3.8, 4) is 10.7 Å². The van der Waals surface area contributed by atoms with E-state index in [0.29, 0.717) is 0 Å². The fraction of sp³-hybridized carbons (Fsp3) is 0.286. The molecule has 0 bridgehead atoms. The summed E-state index contributed by atoms with van der Waals surface area (Å²) in [5, 5.41) is 6.41. The maximum absolute atomic E-state index is 4.69. The van der Waals surface area contributed by atoms with Gasteiger partial charge in [-0.3, -0.25) is 0 Å². The Morgan fingerprint density at radius 1 is 1.17 bits per heavy atom. The number of fused-ring (bicyclic) bond motifs is 1. The average Bonchev–Trinajstić information content (AvgIpc) is 3.10.